The smallest absolute Gasteiger partial charge is 0.226 e. The SMILES string of the molecule is COc1cc(OC)c(OC)cc1CNC(=O)CCCNC(=O)C12CC3CC(CC(C3)C1)C2. The van der Waals surface area contributed by atoms with Crippen molar-refractivity contribution in [2.45, 2.75) is 57.9 Å². The van der Waals surface area contributed by atoms with E-state index in [1.165, 1.54) is 19.3 Å². The Labute approximate surface area is 190 Å². The molecule has 4 aliphatic carbocycles. The lowest BCUT2D eigenvalue weighted by Gasteiger charge is -2.55. The number of nitrogens with one attached hydrogen (secondary N) is 2. The van der Waals surface area contributed by atoms with Gasteiger partial charge >= 0.3 is 0 Å². The van der Waals surface area contributed by atoms with Crippen molar-refractivity contribution in [3.05, 3.63) is 17.7 Å². The van der Waals surface area contributed by atoms with Crippen molar-refractivity contribution in [3.8, 4) is 17.2 Å². The number of hydrogen-bond donors (Lipinski definition) is 2. The Bertz CT molecular complexity index is 818. The van der Waals surface area contributed by atoms with E-state index in [-0.39, 0.29) is 17.2 Å². The topological polar surface area (TPSA) is 85.9 Å². The van der Waals surface area contributed by atoms with Gasteiger partial charge in [0.05, 0.1) is 21.3 Å². The van der Waals surface area contributed by atoms with E-state index in [9.17, 15) is 9.59 Å². The first kappa shape index (κ1) is 22.7. The van der Waals surface area contributed by atoms with Crippen LogP contribution in [0.3, 0.4) is 0 Å². The first-order valence-electron chi connectivity index (χ1n) is 11.8. The lowest BCUT2D eigenvalue weighted by atomic mass is 9.49. The summed E-state index contributed by atoms with van der Waals surface area (Å²) in [5, 5.41) is 6.08. The summed E-state index contributed by atoms with van der Waals surface area (Å²) in [5.74, 6) is 4.24. The highest BCUT2D eigenvalue weighted by atomic mass is 16.5. The van der Waals surface area contributed by atoms with E-state index in [1.807, 2.05) is 6.07 Å². The fourth-order valence-electron chi connectivity index (χ4n) is 6.54. The standard InChI is InChI=1S/C25H36N2O5/c1-30-20-11-22(32-3)21(31-2)10-19(20)15-27-23(28)5-4-6-26-24(29)25-12-16-7-17(13-25)9-18(8-16)14-25/h10-11,16-18H,4-9,12-15H2,1-3H3,(H,26,29)(H,27,28). The van der Waals surface area contributed by atoms with Gasteiger partial charge < -0.3 is 24.8 Å². The zero-order valence-corrected chi connectivity index (χ0v) is 19.5. The number of carbonyl (C=O) groups excluding carboxylic acids is 2. The lowest BCUT2D eigenvalue weighted by Crippen LogP contribution is -2.53. The molecule has 2 N–H and O–H groups in total. The van der Waals surface area contributed by atoms with E-state index in [2.05, 4.69) is 10.6 Å². The summed E-state index contributed by atoms with van der Waals surface area (Å²) in [7, 11) is 4.73. The molecule has 4 fully saturated rings. The third-order valence-electron chi connectivity index (χ3n) is 7.65. The average molecular weight is 445 g/mol. The van der Waals surface area contributed by atoms with Crippen molar-refractivity contribution in [1.29, 1.82) is 0 Å². The number of methoxy groups -OCH3 is 3. The number of hydrogen-bond acceptors (Lipinski definition) is 5. The maximum absolute atomic E-state index is 13.0. The molecule has 1 aromatic carbocycles. The molecule has 2 amide bonds. The van der Waals surface area contributed by atoms with Gasteiger partial charge in [-0.25, -0.2) is 0 Å². The summed E-state index contributed by atoms with van der Waals surface area (Å²) in [4.78, 5) is 25.3. The van der Waals surface area contributed by atoms with Gasteiger partial charge in [0, 0.05) is 36.6 Å². The molecule has 0 saturated heterocycles. The molecule has 5 rings (SSSR count). The summed E-state index contributed by atoms with van der Waals surface area (Å²) in [6, 6.07) is 3.56. The Hall–Kier alpha value is -2.44. The molecule has 7 heteroatoms. The van der Waals surface area contributed by atoms with Crippen molar-refractivity contribution in [3.63, 3.8) is 0 Å². The second-order valence-electron chi connectivity index (χ2n) is 9.85. The molecule has 1 aromatic rings. The normalized spacial score (nSPS) is 27.7. The highest BCUT2D eigenvalue weighted by Gasteiger charge is 2.54. The molecule has 4 saturated carbocycles. The fourth-order valence-corrected chi connectivity index (χ4v) is 6.54. The monoisotopic (exact) mass is 444 g/mol. The van der Waals surface area contributed by atoms with Crippen LogP contribution in [0.1, 0.15) is 56.9 Å². The van der Waals surface area contributed by atoms with Crippen molar-refractivity contribution in [2.75, 3.05) is 27.9 Å². The molecule has 0 unspecified atom stereocenters. The first-order chi connectivity index (χ1) is 15.5. The maximum atomic E-state index is 13.0. The number of benzene rings is 1. The summed E-state index contributed by atoms with van der Waals surface area (Å²) >= 11 is 0. The molecule has 176 valence electrons. The van der Waals surface area contributed by atoms with Gasteiger partial charge in [0.2, 0.25) is 11.8 Å². The minimum Gasteiger partial charge on any atom is -0.496 e. The molecular formula is C25H36N2O5. The molecule has 4 bridgehead atoms. The van der Waals surface area contributed by atoms with Crippen LogP contribution in [0.5, 0.6) is 17.2 Å². The largest absolute Gasteiger partial charge is 0.496 e. The third-order valence-corrected chi connectivity index (χ3v) is 7.65. The Morgan fingerprint density at radius 2 is 1.44 bits per heavy atom. The van der Waals surface area contributed by atoms with Crippen LogP contribution in [0.4, 0.5) is 0 Å². The van der Waals surface area contributed by atoms with E-state index < -0.39 is 0 Å². The number of rotatable bonds is 10. The Morgan fingerprint density at radius 3 is 2.00 bits per heavy atom. The van der Waals surface area contributed by atoms with E-state index >= 15 is 0 Å². The van der Waals surface area contributed by atoms with Crippen LogP contribution >= 0.6 is 0 Å². The Balaban J connectivity index is 1.21. The zero-order chi connectivity index (χ0) is 22.7. The van der Waals surface area contributed by atoms with Crippen LogP contribution in [0, 0.1) is 23.2 Å². The Kier molecular flexibility index (Phi) is 6.82. The van der Waals surface area contributed by atoms with Gasteiger partial charge in [-0.2, -0.15) is 0 Å². The van der Waals surface area contributed by atoms with Crippen molar-refractivity contribution in [2.24, 2.45) is 23.2 Å². The summed E-state index contributed by atoms with van der Waals surface area (Å²) in [5.41, 5.74) is 0.690. The second-order valence-corrected chi connectivity index (χ2v) is 9.85. The minimum atomic E-state index is -0.124. The van der Waals surface area contributed by atoms with Crippen LogP contribution in [0.2, 0.25) is 0 Å². The van der Waals surface area contributed by atoms with E-state index in [1.54, 1.807) is 27.4 Å². The summed E-state index contributed by atoms with van der Waals surface area (Å²) in [6.45, 7) is 0.885. The molecule has 0 heterocycles. The van der Waals surface area contributed by atoms with Gasteiger partial charge in [0.1, 0.15) is 5.75 Å². The van der Waals surface area contributed by atoms with Crippen LogP contribution in [0.15, 0.2) is 12.1 Å². The fraction of sp³-hybridized carbons (Fsp3) is 0.680. The van der Waals surface area contributed by atoms with Gasteiger partial charge in [-0.15, -0.1) is 0 Å². The average Bonchev–Trinajstić information content (AvgIpc) is 2.78. The highest BCUT2D eigenvalue weighted by molar-refractivity contribution is 5.83. The molecular weight excluding hydrogens is 408 g/mol. The van der Waals surface area contributed by atoms with Crippen molar-refractivity contribution >= 4 is 11.8 Å². The predicted molar refractivity (Wildman–Crippen MR) is 121 cm³/mol. The van der Waals surface area contributed by atoms with Crippen LogP contribution in [-0.2, 0) is 16.1 Å². The molecule has 0 radical (unpaired) electrons. The molecule has 32 heavy (non-hydrogen) atoms. The highest BCUT2D eigenvalue weighted by Crippen LogP contribution is 2.60. The van der Waals surface area contributed by atoms with E-state index in [0.29, 0.717) is 43.2 Å². The van der Waals surface area contributed by atoms with E-state index in [0.717, 1.165) is 42.6 Å². The number of amides is 2. The van der Waals surface area contributed by atoms with Gasteiger partial charge in [-0.3, -0.25) is 9.59 Å². The number of carbonyl (C=O) groups is 2. The zero-order valence-electron chi connectivity index (χ0n) is 19.5. The first-order valence-corrected chi connectivity index (χ1v) is 11.8. The van der Waals surface area contributed by atoms with Crippen LogP contribution in [0.25, 0.3) is 0 Å². The molecule has 0 aliphatic heterocycles. The molecule has 0 spiro atoms. The number of ether oxygens (including phenoxy) is 3. The third kappa shape index (κ3) is 4.66. The lowest BCUT2D eigenvalue weighted by molar-refractivity contribution is -0.146. The molecule has 4 aliphatic rings. The van der Waals surface area contributed by atoms with Crippen LogP contribution < -0.4 is 24.8 Å². The summed E-state index contributed by atoms with van der Waals surface area (Å²) < 4.78 is 16.0. The van der Waals surface area contributed by atoms with Gasteiger partial charge in [0.15, 0.2) is 11.5 Å². The van der Waals surface area contributed by atoms with Gasteiger partial charge in [-0.05, 0) is 68.8 Å². The van der Waals surface area contributed by atoms with E-state index in [4.69, 9.17) is 14.2 Å². The second kappa shape index (κ2) is 9.59. The molecule has 7 nitrogen and oxygen atoms in total. The van der Waals surface area contributed by atoms with Crippen molar-refractivity contribution < 1.29 is 23.8 Å². The van der Waals surface area contributed by atoms with Crippen molar-refractivity contribution in [1.82, 2.24) is 10.6 Å². The Morgan fingerprint density at radius 1 is 0.875 bits per heavy atom. The van der Waals surface area contributed by atoms with Gasteiger partial charge in [-0.1, -0.05) is 0 Å². The molecule has 0 atom stereocenters. The minimum absolute atomic E-state index is 0.0501. The van der Waals surface area contributed by atoms with Gasteiger partial charge in [0.25, 0.3) is 0 Å². The summed E-state index contributed by atoms with van der Waals surface area (Å²) in [6.07, 6.45) is 8.20. The predicted octanol–water partition coefficient (Wildman–Crippen LogP) is 3.44. The maximum Gasteiger partial charge on any atom is 0.226 e. The molecule has 0 aromatic heterocycles. The quantitative estimate of drug-likeness (QED) is 0.540. The van der Waals surface area contributed by atoms with Crippen LogP contribution in [-0.4, -0.2) is 39.7 Å².